The fraction of sp³-hybridized carbons (Fsp3) is 0.176. The number of hydrogen-bond acceptors (Lipinski definition) is 3. The molecule has 0 heterocycles. The highest BCUT2D eigenvalue weighted by atomic mass is 32.2. The largest absolute Gasteiger partial charge is 0.290 e. The van der Waals surface area contributed by atoms with Crippen molar-refractivity contribution in [1.82, 2.24) is 0 Å². The second-order valence-electron chi connectivity index (χ2n) is 4.52. The normalized spacial score (nSPS) is 11.9. The highest BCUT2D eigenvalue weighted by Gasteiger charge is 2.22. The molecule has 0 spiro atoms. The van der Waals surface area contributed by atoms with Gasteiger partial charge in [0, 0.05) is 0 Å². The van der Waals surface area contributed by atoms with Gasteiger partial charge in [-0.05, 0) is 29.9 Å². The van der Waals surface area contributed by atoms with Crippen LogP contribution in [0.25, 0.3) is 10.6 Å². The number of thioether (sulfide) groups is 1. The fourth-order valence-electron chi connectivity index (χ4n) is 2.00. The molecule has 0 aliphatic carbocycles. The molecule has 0 amide bonds. The lowest BCUT2D eigenvalue weighted by Gasteiger charge is -2.09. The van der Waals surface area contributed by atoms with Gasteiger partial charge in [-0.3, -0.25) is 10.1 Å². The molecule has 0 radical (unpaired) electrons. The van der Waals surface area contributed by atoms with Gasteiger partial charge >= 0.3 is 0 Å². The zero-order valence-electron chi connectivity index (χ0n) is 11.9. The van der Waals surface area contributed by atoms with Gasteiger partial charge in [0.15, 0.2) is 0 Å². The van der Waals surface area contributed by atoms with E-state index in [1.165, 1.54) is 0 Å². The van der Waals surface area contributed by atoms with Crippen LogP contribution in [0, 0.1) is 10.1 Å². The van der Waals surface area contributed by atoms with Crippen molar-refractivity contribution in [1.29, 1.82) is 0 Å². The Morgan fingerprint density at radius 3 is 2.00 bits per heavy atom. The molecule has 0 bridgehead atoms. The highest BCUT2D eigenvalue weighted by Crippen LogP contribution is 2.36. The van der Waals surface area contributed by atoms with Gasteiger partial charge in [0.2, 0.25) is 0 Å². The van der Waals surface area contributed by atoms with Crippen LogP contribution in [0.5, 0.6) is 0 Å². The monoisotopic (exact) mass is 299 g/mol. The summed E-state index contributed by atoms with van der Waals surface area (Å²) in [6.07, 6.45) is 0.973. The molecule has 21 heavy (non-hydrogen) atoms. The molecule has 0 saturated heterocycles. The minimum absolute atomic E-state index is 0.181. The van der Waals surface area contributed by atoms with Crippen molar-refractivity contribution >= 4 is 22.4 Å². The maximum atomic E-state index is 11.6. The van der Waals surface area contributed by atoms with Crippen LogP contribution in [0.3, 0.4) is 0 Å². The maximum absolute atomic E-state index is 11.6. The molecule has 0 aromatic heterocycles. The Bertz CT molecular complexity index is 624. The summed E-state index contributed by atoms with van der Waals surface area (Å²) in [5, 5.41) is 11.6. The van der Waals surface area contributed by atoms with E-state index in [4.69, 9.17) is 0 Å². The van der Waals surface area contributed by atoms with Gasteiger partial charge in [-0.25, -0.2) is 0 Å². The second kappa shape index (κ2) is 7.64. The number of hydrogen-bond donors (Lipinski definition) is 0. The molecular weight excluding hydrogens is 282 g/mol. The minimum atomic E-state index is -0.277. The van der Waals surface area contributed by atoms with Crippen LogP contribution < -0.4 is 0 Å². The van der Waals surface area contributed by atoms with Gasteiger partial charge in [0.1, 0.15) is 0 Å². The van der Waals surface area contributed by atoms with E-state index in [2.05, 4.69) is 6.92 Å². The Morgan fingerprint density at radius 1 is 1.00 bits per heavy atom. The number of rotatable bonds is 6. The summed E-state index contributed by atoms with van der Waals surface area (Å²) in [7, 11) is 0. The van der Waals surface area contributed by atoms with E-state index in [9.17, 15) is 10.1 Å². The predicted octanol–water partition coefficient (Wildman–Crippen LogP) is 4.93. The molecule has 0 aliphatic rings. The SMILES string of the molecule is CCCS/C(=C(/c1ccccc1)[N+](=O)[O-])c1ccccc1. The second-order valence-corrected chi connectivity index (χ2v) is 5.62. The van der Waals surface area contributed by atoms with Gasteiger partial charge in [-0.15, -0.1) is 11.8 Å². The smallest absolute Gasteiger partial charge is 0.258 e. The van der Waals surface area contributed by atoms with Crippen molar-refractivity contribution in [3.8, 4) is 0 Å². The van der Waals surface area contributed by atoms with E-state index < -0.39 is 0 Å². The Kier molecular flexibility index (Phi) is 5.58. The van der Waals surface area contributed by atoms with Gasteiger partial charge in [-0.2, -0.15) is 0 Å². The average molecular weight is 299 g/mol. The van der Waals surface area contributed by atoms with Crippen LogP contribution in [0.2, 0.25) is 0 Å². The first kappa shape index (κ1) is 15.3. The van der Waals surface area contributed by atoms with Crippen molar-refractivity contribution in [2.24, 2.45) is 0 Å². The molecule has 3 nitrogen and oxygen atoms in total. The Balaban J connectivity index is 2.59. The van der Waals surface area contributed by atoms with E-state index >= 15 is 0 Å². The van der Waals surface area contributed by atoms with Crippen LogP contribution in [0.1, 0.15) is 24.5 Å². The van der Waals surface area contributed by atoms with E-state index in [-0.39, 0.29) is 10.6 Å². The van der Waals surface area contributed by atoms with Crippen LogP contribution in [0.15, 0.2) is 60.7 Å². The Hall–Kier alpha value is -2.07. The number of benzene rings is 2. The van der Waals surface area contributed by atoms with Crippen molar-refractivity contribution in [2.75, 3.05) is 5.75 Å². The molecule has 0 fully saturated rings. The quantitative estimate of drug-likeness (QED) is 0.431. The summed E-state index contributed by atoms with van der Waals surface area (Å²) < 4.78 is 0. The first-order chi connectivity index (χ1) is 10.2. The maximum Gasteiger partial charge on any atom is 0.290 e. The van der Waals surface area contributed by atoms with E-state index in [0.717, 1.165) is 22.6 Å². The molecule has 0 N–H and O–H groups in total. The molecule has 2 aromatic rings. The third-order valence-electron chi connectivity index (χ3n) is 2.93. The van der Waals surface area contributed by atoms with Crippen molar-refractivity contribution < 1.29 is 4.92 Å². The number of nitro groups is 1. The van der Waals surface area contributed by atoms with E-state index in [0.29, 0.717) is 5.56 Å². The molecule has 4 heteroatoms. The van der Waals surface area contributed by atoms with E-state index in [1.54, 1.807) is 23.9 Å². The van der Waals surface area contributed by atoms with Gasteiger partial charge in [0.25, 0.3) is 5.70 Å². The van der Waals surface area contributed by atoms with Gasteiger partial charge in [0.05, 0.1) is 15.4 Å². The molecule has 0 saturated carbocycles. The summed E-state index contributed by atoms with van der Waals surface area (Å²) in [5.41, 5.74) is 1.72. The molecule has 0 aliphatic heterocycles. The first-order valence-electron chi connectivity index (χ1n) is 6.86. The molecule has 108 valence electrons. The third kappa shape index (κ3) is 3.95. The summed E-state index contributed by atoms with van der Waals surface area (Å²) in [5.74, 6) is 0.856. The molecule has 0 atom stereocenters. The van der Waals surface area contributed by atoms with Crippen molar-refractivity contribution in [3.63, 3.8) is 0 Å². The molecule has 2 rings (SSSR count). The topological polar surface area (TPSA) is 43.1 Å². The molecule has 0 unspecified atom stereocenters. The molecular formula is C17H17NO2S. The van der Waals surface area contributed by atoms with Crippen LogP contribution in [-0.2, 0) is 0 Å². The number of nitrogens with zero attached hydrogens (tertiary/aromatic N) is 1. The lowest BCUT2D eigenvalue weighted by atomic mass is 10.1. The summed E-state index contributed by atoms with van der Waals surface area (Å²) in [6, 6.07) is 18.7. The lowest BCUT2D eigenvalue weighted by Crippen LogP contribution is -2.01. The fourth-order valence-corrected chi connectivity index (χ4v) is 3.04. The van der Waals surface area contributed by atoms with Crippen LogP contribution >= 0.6 is 11.8 Å². The van der Waals surface area contributed by atoms with Crippen LogP contribution in [0.4, 0.5) is 0 Å². The first-order valence-corrected chi connectivity index (χ1v) is 7.85. The zero-order valence-corrected chi connectivity index (χ0v) is 12.7. The Labute approximate surface area is 128 Å². The van der Waals surface area contributed by atoms with Gasteiger partial charge in [-0.1, -0.05) is 55.5 Å². The lowest BCUT2D eigenvalue weighted by molar-refractivity contribution is -0.374. The predicted molar refractivity (Wildman–Crippen MR) is 89.4 cm³/mol. The average Bonchev–Trinajstić information content (AvgIpc) is 2.52. The summed E-state index contributed by atoms with van der Waals surface area (Å²) in [6.45, 7) is 2.07. The zero-order chi connectivity index (χ0) is 15.1. The summed E-state index contributed by atoms with van der Waals surface area (Å²) >= 11 is 1.54. The molecule has 2 aromatic carbocycles. The van der Waals surface area contributed by atoms with Gasteiger partial charge < -0.3 is 0 Å². The Morgan fingerprint density at radius 2 is 1.52 bits per heavy atom. The standard InChI is InChI=1S/C17H17NO2S/c1-2-13-21-17(15-11-7-4-8-12-15)16(18(19)20)14-9-5-3-6-10-14/h3-12H,2,13H2,1H3/b17-16-. The van der Waals surface area contributed by atoms with Crippen LogP contribution in [-0.4, -0.2) is 10.7 Å². The highest BCUT2D eigenvalue weighted by molar-refractivity contribution is 8.08. The van der Waals surface area contributed by atoms with E-state index in [1.807, 2.05) is 48.5 Å². The van der Waals surface area contributed by atoms with Crippen molar-refractivity contribution in [3.05, 3.63) is 81.9 Å². The summed E-state index contributed by atoms with van der Waals surface area (Å²) in [4.78, 5) is 12.1. The third-order valence-corrected chi connectivity index (χ3v) is 4.26. The van der Waals surface area contributed by atoms with Crippen molar-refractivity contribution in [2.45, 2.75) is 13.3 Å². The minimum Gasteiger partial charge on any atom is -0.258 e.